The molecule has 3 saturated carbocycles. The maximum absolute atomic E-state index is 14.6. The molecule has 0 amide bonds. The number of esters is 1. The average molecular weight is 633 g/mol. The number of nitrogens with zero attached hydrogens (tertiary/aromatic N) is 5. The topological polar surface area (TPSA) is 130 Å². The molecule has 3 fully saturated rings. The number of hydrogen-bond donors (Lipinski definition) is 1. The Hall–Kier alpha value is -4.52. The van der Waals surface area contributed by atoms with Gasteiger partial charge in [0.1, 0.15) is 11.3 Å². The molecule has 0 saturated heterocycles. The average Bonchev–Trinajstić information content (AvgIpc) is 3.63. The third kappa shape index (κ3) is 4.89. The van der Waals surface area contributed by atoms with E-state index in [0.717, 1.165) is 41.4 Å². The first-order chi connectivity index (χ1) is 21.7. The number of carbonyl (C=O) groups excluding carboxylic acids is 1. The van der Waals surface area contributed by atoms with Gasteiger partial charge in [0.2, 0.25) is 5.88 Å². The maximum atomic E-state index is 14.6. The summed E-state index contributed by atoms with van der Waals surface area (Å²) in [5, 5.41) is 8.51. The molecule has 0 spiro atoms. The quantitative estimate of drug-likeness (QED) is 0.229. The highest BCUT2D eigenvalue weighted by molar-refractivity contribution is 7.90. The Morgan fingerprint density at radius 3 is 2.53 bits per heavy atom. The minimum atomic E-state index is -4.11. The summed E-state index contributed by atoms with van der Waals surface area (Å²) in [6.07, 6.45) is 6.29. The van der Waals surface area contributed by atoms with Crippen LogP contribution in [0.15, 0.2) is 59.8 Å². The Balaban J connectivity index is 1.39. The number of aryl methyl sites for hydroxylation is 1. The van der Waals surface area contributed by atoms with Crippen LogP contribution in [-0.2, 0) is 19.6 Å². The zero-order chi connectivity index (χ0) is 31.5. The normalized spacial score (nSPS) is 21.3. The van der Waals surface area contributed by atoms with Gasteiger partial charge in [-0.25, -0.2) is 26.7 Å². The molecule has 234 valence electrons. The highest BCUT2D eigenvalue weighted by Gasteiger charge is 2.48. The number of ether oxygens (including phenoxy) is 2. The summed E-state index contributed by atoms with van der Waals surface area (Å²) >= 11 is 0. The highest BCUT2D eigenvalue weighted by atomic mass is 32.2. The fraction of sp³-hybridized carbons (Fsp3) is 0.375. The Bertz CT molecular complexity index is 2030. The van der Waals surface area contributed by atoms with Crippen LogP contribution in [0.1, 0.15) is 38.2 Å². The monoisotopic (exact) mass is 632 g/mol. The number of carbonyl (C=O) groups is 1. The van der Waals surface area contributed by atoms with Crippen molar-refractivity contribution in [1.29, 1.82) is 0 Å². The first-order valence-corrected chi connectivity index (χ1v) is 16.5. The van der Waals surface area contributed by atoms with Crippen LogP contribution in [0.5, 0.6) is 5.88 Å². The lowest BCUT2D eigenvalue weighted by Crippen LogP contribution is -2.52. The van der Waals surface area contributed by atoms with Crippen molar-refractivity contribution >= 4 is 38.4 Å². The van der Waals surface area contributed by atoms with Crippen molar-refractivity contribution in [1.82, 2.24) is 23.6 Å². The number of anilines is 1. The highest BCUT2D eigenvalue weighted by Crippen LogP contribution is 2.47. The van der Waals surface area contributed by atoms with Crippen molar-refractivity contribution in [3.8, 4) is 17.3 Å². The van der Waals surface area contributed by atoms with Crippen molar-refractivity contribution in [2.45, 2.75) is 50.5 Å². The van der Waals surface area contributed by atoms with E-state index in [1.165, 1.54) is 31.5 Å². The van der Waals surface area contributed by atoms with Gasteiger partial charge in [0.15, 0.2) is 17.3 Å². The van der Waals surface area contributed by atoms with Gasteiger partial charge in [0.05, 0.1) is 30.7 Å². The lowest BCUT2D eigenvalue weighted by atomic mass is 9.61. The Morgan fingerprint density at radius 1 is 1.09 bits per heavy atom. The predicted molar refractivity (Wildman–Crippen MR) is 165 cm³/mol. The molecule has 8 rings (SSSR count). The van der Waals surface area contributed by atoms with Crippen LogP contribution in [-0.4, -0.2) is 57.7 Å². The van der Waals surface area contributed by atoms with E-state index in [2.05, 4.69) is 10.3 Å². The van der Waals surface area contributed by atoms with Crippen LogP contribution < -0.4 is 10.1 Å². The smallest absolute Gasteiger partial charge is 0.311 e. The summed E-state index contributed by atoms with van der Waals surface area (Å²) in [4.78, 5) is 22.3. The molecule has 3 aliphatic carbocycles. The molecule has 3 aliphatic rings. The largest absolute Gasteiger partial charge is 0.481 e. The predicted octanol–water partition coefficient (Wildman–Crippen LogP) is 5.22. The number of hydrogen-bond acceptors (Lipinski definition) is 9. The molecular weight excluding hydrogens is 599 g/mol. The molecule has 1 aromatic carbocycles. The van der Waals surface area contributed by atoms with E-state index in [-0.39, 0.29) is 57.1 Å². The van der Waals surface area contributed by atoms with E-state index in [0.29, 0.717) is 23.8 Å². The second-order valence-corrected chi connectivity index (χ2v) is 13.6. The van der Waals surface area contributed by atoms with Gasteiger partial charge in [-0.05, 0) is 75.6 Å². The molecule has 2 atom stereocenters. The lowest BCUT2D eigenvalue weighted by molar-refractivity contribution is -0.154. The summed E-state index contributed by atoms with van der Waals surface area (Å²) in [5.74, 6) is 0.280. The van der Waals surface area contributed by atoms with E-state index in [1.807, 2.05) is 19.9 Å². The van der Waals surface area contributed by atoms with E-state index in [4.69, 9.17) is 19.6 Å². The van der Waals surface area contributed by atoms with Crippen LogP contribution in [0.3, 0.4) is 0 Å². The first kappa shape index (κ1) is 29.2. The molecule has 0 aliphatic heterocycles. The fourth-order valence-electron chi connectivity index (χ4n) is 6.98. The zero-order valence-electron chi connectivity index (χ0n) is 25.1. The number of benzene rings is 1. The molecule has 0 radical (unpaired) electrons. The molecule has 11 nitrogen and oxygen atoms in total. The van der Waals surface area contributed by atoms with E-state index in [9.17, 15) is 17.6 Å². The molecule has 45 heavy (non-hydrogen) atoms. The van der Waals surface area contributed by atoms with Crippen LogP contribution in [0.2, 0.25) is 0 Å². The number of nitrogens with one attached hydrogen (secondary N) is 1. The van der Waals surface area contributed by atoms with Crippen molar-refractivity contribution in [2.75, 3.05) is 19.0 Å². The van der Waals surface area contributed by atoms with Gasteiger partial charge >= 0.3 is 5.97 Å². The summed E-state index contributed by atoms with van der Waals surface area (Å²) in [6.45, 7) is 3.98. The van der Waals surface area contributed by atoms with E-state index in [1.54, 1.807) is 22.7 Å². The molecule has 4 aromatic heterocycles. The molecule has 0 unspecified atom stereocenters. The number of rotatable bonds is 8. The third-order valence-electron chi connectivity index (χ3n) is 9.16. The minimum absolute atomic E-state index is 0.0385. The van der Waals surface area contributed by atoms with Gasteiger partial charge in [-0.15, -0.1) is 5.10 Å². The van der Waals surface area contributed by atoms with Crippen molar-refractivity contribution in [3.63, 3.8) is 0 Å². The Kier molecular flexibility index (Phi) is 7.22. The third-order valence-corrected chi connectivity index (χ3v) is 10.8. The number of pyridine rings is 1. The fourth-order valence-corrected chi connectivity index (χ4v) is 8.30. The van der Waals surface area contributed by atoms with Gasteiger partial charge < -0.3 is 14.8 Å². The van der Waals surface area contributed by atoms with Gasteiger partial charge in [0.25, 0.3) is 10.0 Å². The number of fused-ring (bicyclic) bond motifs is 5. The van der Waals surface area contributed by atoms with Crippen LogP contribution >= 0.6 is 0 Å². The van der Waals surface area contributed by atoms with Crippen molar-refractivity contribution in [3.05, 3.63) is 66.2 Å². The van der Waals surface area contributed by atoms with Crippen molar-refractivity contribution in [2.24, 2.45) is 17.8 Å². The van der Waals surface area contributed by atoms with Crippen LogP contribution in [0.4, 0.5) is 10.2 Å². The van der Waals surface area contributed by atoms with E-state index >= 15 is 0 Å². The van der Waals surface area contributed by atoms with Gasteiger partial charge in [-0.1, -0.05) is 17.7 Å². The standard InChI is InChI=1S/C32H33FN6O5S/c1-4-44-32(40)27-19-7-9-20(10-8-19)28(27)35-30-25-13-14-26(43-3)39(25)37-29(36-30)24-17-38(31-23(24)15-21(33)16-34-31)45(41,42)22-11-5-18(2)6-12-22/h5-6,11-17,19-20,27-28H,4,7-10H2,1-3H3,(H,35,36,37)/t19?,20?,27-,28-/m1/s1. The number of methoxy groups -OCH3 is 1. The summed E-state index contributed by atoms with van der Waals surface area (Å²) in [7, 11) is -2.59. The summed E-state index contributed by atoms with van der Waals surface area (Å²) in [5.41, 5.74) is 1.82. The lowest BCUT2D eigenvalue weighted by Gasteiger charge is -2.47. The molecule has 2 bridgehead atoms. The van der Waals surface area contributed by atoms with Gasteiger partial charge in [0, 0.05) is 29.3 Å². The second kappa shape index (κ2) is 11.1. The Morgan fingerprint density at radius 2 is 1.82 bits per heavy atom. The molecule has 4 heterocycles. The van der Waals surface area contributed by atoms with Gasteiger partial charge in [-0.3, -0.25) is 4.79 Å². The molecule has 5 aromatic rings. The van der Waals surface area contributed by atoms with Crippen LogP contribution in [0.25, 0.3) is 27.9 Å². The SMILES string of the molecule is CCOC(=O)[C@@H]1C2CCC(CC2)[C@H]1Nc1nc(-c2cn(S(=O)(=O)c3ccc(C)cc3)c3ncc(F)cc23)nn2c(OC)ccc12. The first-order valence-electron chi connectivity index (χ1n) is 15.1. The second-order valence-electron chi connectivity index (χ2n) is 11.8. The number of aromatic nitrogens is 5. The summed E-state index contributed by atoms with van der Waals surface area (Å²) in [6, 6.07) is 11.0. The summed E-state index contributed by atoms with van der Waals surface area (Å²) < 4.78 is 56.0. The maximum Gasteiger partial charge on any atom is 0.311 e. The Labute approximate surface area is 259 Å². The van der Waals surface area contributed by atoms with Crippen molar-refractivity contribution < 1.29 is 27.1 Å². The molecular formula is C32H33FN6O5S. The van der Waals surface area contributed by atoms with Gasteiger partial charge in [-0.2, -0.15) is 4.52 Å². The minimum Gasteiger partial charge on any atom is -0.481 e. The molecule has 13 heteroatoms. The number of halogens is 1. The zero-order valence-corrected chi connectivity index (χ0v) is 25.9. The molecule has 1 N–H and O–H groups in total. The van der Waals surface area contributed by atoms with Crippen LogP contribution in [0, 0.1) is 30.5 Å². The van der Waals surface area contributed by atoms with E-state index < -0.39 is 15.8 Å².